The predicted octanol–water partition coefficient (Wildman–Crippen LogP) is 0.386. The first-order valence-electron chi connectivity index (χ1n) is 3.92. The summed E-state index contributed by atoms with van der Waals surface area (Å²) in [6.07, 6.45) is 1.26. The molecule has 0 aliphatic carbocycles. The normalized spacial score (nSPS) is 9.54. The zero-order chi connectivity index (χ0) is 9.68. The molecule has 1 aromatic rings. The lowest BCUT2D eigenvalue weighted by Gasteiger charge is -2.02. The van der Waals surface area contributed by atoms with Crippen molar-refractivity contribution < 1.29 is 15.0 Å². The molecule has 1 rings (SSSR count). The molecule has 0 saturated carbocycles. The van der Waals surface area contributed by atoms with E-state index in [0.717, 1.165) is 5.56 Å². The minimum Gasteiger partial charge on any atom is -0.504 e. The highest BCUT2D eigenvalue weighted by Gasteiger charge is 1.99. The fourth-order valence-corrected chi connectivity index (χ4v) is 1.000. The highest BCUT2D eigenvalue weighted by Crippen LogP contribution is 2.24. The summed E-state index contributed by atoms with van der Waals surface area (Å²) in [5.41, 5.74) is 0.865. The lowest BCUT2D eigenvalue weighted by atomic mass is 10.1. The van der Waals surface area contributed by atoms with Crippen LogP contribution in [0, 0.1) is 0 Å². The maximum atomic E-state index is 9.92. The Kier molecular flexibility index (Phi) is 3.14. The minimum atomic E-state index is -0.136. The number of phenolic OH excluding ortho intramolecular Hbond substituents is 2. The van der Waals surface area contributed by atoms with Gasteiger partial charge in [-0.2, -0.15) is 0 Å². The largest absolute Gasteiger partial charge is 0.504 e. The number of aromatic hydroxyl groups is 2. The number of carbonyl (C=O) groups excluding carboxylic acids is 1. The Balaban J connectivity index is 2.57. The summed E-state index contributed by atoms with van der Waals surface area (Å²) in [6.45, 7) is 0.522. The Hall–Kier alpha value is -1.71. The molecule has 13 heavy (non-hydrogen) atoms. The van der Waals surface area contributed by atoms with Crippen molar-refractivity contribution in [1.29, 1.82) is 0 Å². The molecule has 3 N–H and O–H groups in total. The number of hydrogen-bond acceptors (Lipinski definition) is 3. The summed E-state index contributed by atoms with van der Waals surface area (Å²) < 4.78 is 0. The molecule has 0 heterocycles. The molecular weight excluding hydrogens is 170 g/mol. The van der Waals surface area contributed by atoms with E-state index in [0.29, 0.717) is 19.4 Å². The van der Waals surface area contributed by atoms with E-state index in [-0.39, 0.29) is 11.5 Å². The summed E-state index contributed by atoms with van der Waals surface area (Å²) in [5.74, 6) is -0.268. The third-order valence-electron chi connectivity index (χ3n) is 1.68. The zero-order valence-electron chi connectivity index (χ0n) is 7.03. The van der Waals surface area contributed by atoms with E-state index in [1.165, 1.54) is 12.1 Å². The van der Waals surface area contributed by atoms with E-state index < -0.39 is 0 Å². The van der Waals surface area contributed by atoms with Gasteiger partial charge in [-0.1, -0.05) is 6.07 Å². The van der Waals surface area contributed by atoms with E-state index in [1.54, 1.807) is 6.07 Å². The smallest absolute Gasteiger partial charge is 0.207 e. The molecule has 1 amide bonds. The molecule has 0 spiro atoms. The third kappa shape index (κ3) is 2.66. The van der Waals surface area contributed by atoms with Crippen molar-refractivity contribution >= 4 is 6.41 Å². The van der Waals surface area contributed by atoms with E-state index in [1.807, 2.05) is 0 Å². The highest BCUT2D eigenvalue weighted by atomic mass is 16.3. The van der Waals surface area contributed by atoms with Crippen LogP contribution >= 0.6 is 0 Å². The van der Waals surface area contributed by atoms with E-state index in [2.05, 4.69) is 5.32 Å². The van der Waals surface area contributed by atoms with Gasteiger partial charge < -0.3 is 15.5 Å². The van der Waals surface area contributed by atoms with Crippen molar-refractivity contribution in [3.8, 4) is 11.5 Å². The van der Waals surface area contributed by atoms with E-state index in [9.17, 15) is 4.79 Å². The Labute approximate surface area is 75.8 Å². The van der Waals surface area contributed by atoms with Crippen molar-refractivity contribution in [3.05, 3.63) is 23.8 Å². The average molecular weight is 181 g/mol. The Morgan fingerprint density at radius 3 is 2.69 bits per heavy atom. The number of benzene rings is 1. The van der Waals surface area contributed by atoms with E-state index >= 15 is 0 Å². The van der Waals surface area contributed by atoms with Crippen LogP contribution in [0.25, 0.3) is 0 Å². The van der Waals surface area contributed by atoms with Crippen LogP contribution in [0.15, 0.2) is 18.2 Å². The fraction of sp³-hybridized carbons (Fsp3) is 0.222. The molecule has 0 aromatic heterocycles. The summed E-state index contributed by atoms with van der Waals surface area (Å²) in [6, 6.07) is 4.59. The molecule has 0 radical (unpaired) electrons. The first kappa shape index (κ1) is 9.38. The average Bonchev–Trinajstić information content (AvgIpc) is 2.12. The van der Waals surface area contributed by atoms with Gasteiger partial charge in [0, 0.05) is 6.54 Å². The standard InChI is InChI=1S/C9H11NO3/c11-6-10-4-3-7-1-2-8(12)9(13)5-7/h1-2,5-6,12-13H,3-4H2,(H,10,11). The van der Waals surface area contributed by atoms with Crippen LogP contribution in [0.5, 0.6) is 11.5 Å². The summed E-state index contributed by atoms with van der Waals surface area (Å²) in [4.78, 5) is 9.92. The molecule has 4 nitrogen and oxygen atoms in total. The summed E-state index contributed by atoms with van der Waals surface area (Å²) in [7, 11) is 0. The van der Waals surface area contributed by atoms with Gasteiger partial charge in [-0.3, -0.25) is 4.79 Å². The molecule has 0 saturated heterocycles. The van der Waals surface area contributed by atoms with Crippen molar-refractivity contribution in [3.63, 3.8) is 0 Å². The third-order valence-corrected chi connectivity index (χ3v) is 1.68. The summed E-state index contributed by atoms with van der Waals surface area (Å²) >= 11 is 0. The number of nitrogens with one attached hydrogen (secondary N) is 1. The molecule has 70 valence electrons. The number of carbonyl (C=O) groups is 1. The van der Waals surface area contributed by atoms with Gasteiger partial charge in [0.15, 0.2) is 11.5 Å². The van der Waals surface area contributed by atoms with Crippen LogP contribution < -0.4 is 5.32 Å². The molecule has 0 unspecified atom stereocenters. The maximum absolute atomic E-state index is 9.92. The van der Waals surface area contributed by atoms with Crippen molar-refractivity contribution in [2.45, 2.75) is 6.42 Å². The van der Waals surface area contributed by atoms with Crippen molar-refractivity contribution in [1.82, 2.24) is 5.32 Å². The van der Waals surface area contributed by atoms with Gasteiger partial charge in [0.25, 0.3) is 0 Å². The second-order valence-corrected chi connectivity index (χ2v) is 2.65. The predicted molar refractivity (Wildman–Crippen MR) is 47.5 cm³/mol. The zero-order valence-corrected chi connectivity index (χ0v) is 7.03. The summed E-state index contributed by atoms with van der Waals surface area (Å²) in [5, 5.41) is 20.6. The lowest BCUT2D eigenvalue weighted by molar-refractivity contribution is -0.109. The monoisotopic (exact) mass is 181 g/mol. The van der Waals surface area contributed by atoms with Crippen molar-refractivity contribution in [2.24, 2.45) is 0 Å². The van der Waals surface area contributed by atoms with Crippen LogP contribution in [-0.2, 0) is 11.2 Å². The van der Waals surface area contributed by atoms with Crippen LogP contribution in [0.1, 0.15) is 5.56 Å². The number of hydrogen-bond donors (Lipinski definition) is 3. The van der Waals surface area contributed by atoms with Gasteiger partial charge in [-0.15, -0.1) is 0 Å². The van der Waals surface area contributed by atoms with Crippen LogP contribution in [0.2, 0.25) is 0 Å². The van der Waals surface area contributed by atoms with Gasteiger partial charge >= 0.3 is 0 Å². The first-order chi connectivity index (χ1) is 6.24. The molecule has 4 heteroatoms. The molecule has 1 aromatic carbocycles. The molecule has 0 aliphatic rings. The second-order valence-electron chi connectivity index (χ2n) is 2.65. The fourth-order valence-electron chi connectivity index (χ4n) is 1.000. The van der Waals surface area contributed by atoms with Gasteiger partial charge in [-0.25, -0.2) is 0 Å². The van der Waals surface area contributed by atoms with Crippen LogP contribution in [0.4, 0.5) is 0 Å². The quantitative estimate of drug-likeness (QED) is 0.357. The van der Waals surface area contributed by atoms with Gasteiger partial charge in [-0.05, 0) is 24.1 Å². The van der Waals surface area contributed by atoms with Crippen molar-refractivity contribution in [2.75, 3.05) is 6.54 Å². The lowest BCUT2D eigenvalue weighted by Crippen LogP contribution is -2.14. The molecule has 0 bridgehead atoms. The van der Waals surface area contributed by atoms with Gasteiger partial charge in [0.1, 0.15) is 0 Å². The second kappa shape index (κ2) is 4.35. The number of amides is 1. The Morgan fingerprint density at radius 1 is 1.31 bits per heavy atom. The Bertz CT molecular complexity index is 299. The number of phenols is 2. The Morgan fingerprint density at radius 2 is 2.08 bits per heavy atom. The minimum absolute atomic E-state index is 0.132. The van der Waals surface area contributed by atoms with Gasteiger partial charge in [0.2, 0.25) is 6.41 Å². The first-order valence-corrected chi connectivity index (χ1v) is 3.92. The molecule has 0 atom stereocenters. The SMILES string of the molecule is O=CNCCc1ccc(O)c(O)c1. The molecule has 0 aliphatic heterocycles. The van der Waals surface area contributed by atoms with Crippen LogP contribution in [0.3, 0.4) is 0 Å². The molecule has 0 fully saturated rings. The maximum Gasteiger partial charge on any atom is 0.207 e. The van der Waals surface area contributed by atoms with Crippen LogP contribution in [-0.4, -0.2) is 23.2 Å². The van der Waals surface area contributed by atoms with Gasteiger partial charge in [0.05, 0.1) is 0 Å². The number of rotatable bonds is 4. The topological polar surface area (TPSA) is 69.6 Å². The van der Waals surface area contributed by atoms with E-state index in [4.69, 9.17) is 10.2 Å². The molecular formula is C9H11NO3. The highest BCUT2D eigenvalue weighted by molar-refractivity contribution is 5.46.